The molecule has 98 valence electrons. The highest BCUT2D eigenvalue weighted by molar-refractivity contribution is 4.97. The zero-order valence-electron chi connectivity index (χ0n) is 11.4. The van der Waals surface area contributed by atoms with Crippen LogP contribution < -0.4 is 5.32 Å². The van der Waals surface area contributed by atoms with Crippen molar-refractivity contribution in [3.63, 3.8) is 0 Å². The van der Waals surface area contributed by atoms with Crippen LogP contribution in [0, 0.1) is 11.8 Å². The van der Waals surface area contributed by atoms with E-state index < -0.39 is 0 Å². The third kappa shape index (κ3) is 2.26. The molecule has 1 spiro atoms. The Morgan fingerprint density at radius 1 is 1.12 bits per heavy atom. The normalized spacial score (nSPS) is 44.8. The minimum absolute atomic E-state index is 0.295. The average Bonchev–Trinajstić information content (AvgIpc) is 2.59. The predicted octanol–water partition coefficient (Wildman–Crippen LogP) is 3.11. The molecule has 1 heterocycles. The topological polar surface area (TPSA) is 21.3 Å². The smallest absolute Gasteiger partial charge is 0.0697 e. The lowest BCUT2D eigenvalue weighted by molar-refractivity contribution is -0.136. The third-order valence-corrected chi connectivity index (χ3v) is 5.67. The number of nitrogens with one attached hydrogen (secondary N) is 1. The van der Waals surface area contributed by atoms with Gasteiger partial charge in [-0.1, -0.05) is 13.8 Å². The average molecular weight is 237 g/mol. The summed E-state index contributed by atoms with van der Waals surface area (Å²) in [5, 5.41) is 3.94. The number of ether oxygens (including phenoxy) is 1. The van der Waals surface area contributed by atoms with Gasteiger partial charge in [-0.15, -0.1) is 0 Å². The molecule has 0 bridgehead atoms. The van der Waals surface area contributed by atoms with Crippen LogP contribution in [0.15, 0.2) is 0 Å². The van der Waals surface area contributed by atoms with Crippen LogP contribution in [0.5, 0.6) is 0 Å². The number of hydrogen-bond acceptors (Lipinski definition) is 2. The maximum atomic E-state index is 6.00. The van der Waals surface area contributed by atoms with Crippen LogP contribution in [0.25, 0.3) is 0 Å². The molecule has 3 rings (SSSR count). The lowest BCUT2D eigenvalue weighted by Gasteiger charge is -2.48. The van der Waals surface area contributed by atoms with Gasteiger partial charge in [0.2, 0.25) is 0 Å². The van der Waals surface area contributed by atoms with Gasteiger partial charge < -0.3 is 10.1 Å². The van der Waals surface area contributed by atoms with Crippen molar-refractivity contribution < 1.29 is 4.74 Å². The third-order valence-electron chi connectivity index (χ3n) is 5.67. The summed E-state index contributed by atoms with van der Waals surface area (Å²) in [6.45, 7) is 5.81. The second-order valence-electron chi connectivity index (χ2n) is 6.76. The second kappa shape index (κ2) is 4.55. The number of rotatable bonds is 2. The van der Waals surface area contributed by atoms with Gasteiger partial charge in [0.25, 0.3) is 0 Å². The van der Waals surface area contributed by atoms with Gasteiger partial charge in [0.15, 0.2) is 0 Å². The highest BCUT2D eigenvalue weighted by Crippen LogP contribution is 2.43. The van der Waals surface area contributed by atoms with Crippen molar-refractivity contribution in [3.05, 3.63) is 0 Å². The predicted molar refractivity (Wildman–Crippen MR) is 70.0 cm³/mol. The van der Waals surface area contributed by atoms with Crippen LogP contribution >= 0.6 is 0 Å². The summed E-state index contributed by atoms with van der Waals surface area (Å²) in [6, 6.07) is 1.49. The molecule has 0 radical (unpaired) electrons. The Bertz CT molecular complexity index is 274. The molecule has 4 unspecified atom stereocenters. The zero-order chi connectivity index (χ0) is 11.9. The summed E-state index contributed by atoms with van der Waals surface area (Å²) in [7, 11) is 0. The SMILES string of the molecule is CC1CCC(NC2CCOC3(CCC3)C2)C1C. The highest BCUT2D eigenvalue weighted by atomic mass is 16.5. The molecule has 4 atom stereocenters. The first-order valence-electron chi connectivity index (χ1n) is 7.59. The fourth-order valence-corrected chi connectivity index (χ4v) is 3.99. The molecule has 3 aliphatic rings. The molecule has 0 aromatic carbocycles. The van der Waals surface area contributed by atoms with Gasteiger partial charge in [0, 0.05) is 18.7 Å². The summed E-state index contributed by atoms with van der Waals surface area (Å²) in [4.78, 5) is 0. The van der Waals surface area contributed by atoms with Crippen LogP contribution in [0.2, 0.25) is 0 Å². The fraction of sp³-hybridized carbons (Fsp3) is 1.00. The van der Waals surface area contributed by atoms with Crippen LogP contribution in [0.4, 0.5) is 0 Å². The van der Waals surface area contributed by atoms with E-state index in [2.05, 4.69) is 19.2 Å². The summed E-state index contributed by atoms with van der Waals surface area (Å²) in [5.41, 5.74) is 0.295. The largest absolute Gasteiger partial charge is 0.375 e. The first-order chi connectivity index (χ1) is 8.19. The van der Waals surface area contributed by atoms with Gasteiger partial charge in [-0.25, -0.2) is 0 Å². The maximum Gasteiger partial charge on any atom is 0.0697 e. The molecule has 0 aromatic rings. The van der Waals surface area contributed by atoms with Crippen molar-refractivity contribution in [1.82, 2.24) is 5.32 Å². The molecule has 2 nitrogen and oxygen atoms in total. The first-order valence-corrected chi connectivity index (χ1v) is 7.59. The molecular formula is C15H27NO. The molecule has 2 heteroatoms. The van der Waals surface area contributed by atoms with Crippen LogP contribution in [-0.4, -0.2) is 24.3 Å². The van der Waals surface area contributed by atoms with Gasteiger partial charge in [0.1, 0.15) is 0 Å². The molecule has 1 N–H and O–H groups in total. The van der Waals surface area contributed by atoms with E-state index in [9.17, 15) is 0 Å². The summed E-state index contributed by atoms with van der Waals surface area (Å²) < 4.78 is 6.00. The van der Waals surface area contributed by atoms with E-state index in [1.54, 1.807) is 0 Å². The van der Waals surface area contributed by atoms with Gasteiger partial charge in [0.05, 0.1) is 5.60 Å². The Morgan fingerprint density at radius 3 is 2.53 bits per heavy atom. The molecule has 2 aliphatic carbocycles. The van der Waals surface area contributed by atoms with E-state index in [1.807, 2.05) is 0 Å². The van der Waals surface area contributed by atoms with Crippen molar-refractivity contribution in [2.45, 2.75) is 76.5 Å². The molecule has 2 saturated carbocycles. The molecular weight excluding hydrogens is 210 g/mol. The monoisotopic (exact) mass is 237 g/mol. The van der Waals surface area contributed by atoms with Crippen LogP contribution in [0.1, 0.15) is 58.8 Å². The maximum absolute atomic E-state index is 6.00. The highest BCUT2D eigenvalue weighted by Gasteiger charge is 2.43. The van der Waals surface area contributed by atoms with Crippen molar-refractivity contribution in [2.75, 3.05) is 6.61 Å². The molecule has 1 aliphatic heterocycles. The van der Waals surface area contributed by atoms with Gasteiger partial charge in [-0.05, 0) is 56.8 Å². The van der Waals surface area contributed by atoms with Crippen molar-refractivity contribution in [3.8, 4) is 0 Å². The van der Waals surface area contributed by atoms with E-state index >= 15 is 0 Å². The second-order valence-corrected chi connectivity index (χ2v) is 6.76. The minimum atomic E-state index is 0.295. The lowest BCUT2D eigenvalue weighted by atomic mass is 9.73. The first kappa shape index (κ1) is 12.0. The quantitative estimate of drug-likeness (QED) is 0.797. The summed E-state index contributed by atoms with van der Waals surface area (Å²) in [5.74, 6) is 1.76. The molecule has 0 aromatic heterocycles. The van der Waals surface area contributed by atoms with Gasteiger partial charge in [-0.2, -0.15) is 0 Å². The fourth-order valence-electron chi connectivity index (χ4n) is 3.99. The Kier molecular flexibility index (Phi) is 3.20. The van der Waals surface area contributed by atoms with E-state index in [1.165, 1.54) is 44.9 Å². The van der Waals surface area contributed by atoms with Crippen molar-refractivity contribution in [2.24, 2.45) is 11.8 Å². The van der Waals surface area contributed by atoms with E-state index in [4.69, 9.17) is 4.74 Å². The molecule has 0 amide bonds. The van der Waals surface area contributed by atoms with E-state index in [-0.39, 0.29) is 0 Å². The van der Waals surface area contributed by atoms with Crippen LogP contribution in [-0.2, 0) is 4.74 Å². The minimum Gasteiger partial charge on any atom is -0.375 e. The van der Waals surface area contributed by atoms with Crippen molar-refractivity contribution >= 4 is 0 Å². The van der Waals surface area contributed by atoms with E-state index in [0.717, 1.165) is 30.5 Å². The van der Waals surface area contributed by atoms with Gasteiger partial charge in [-0.3, -0.25) is 0 Å². The number of hydrogen-bond donors (Lipinski definition) is 1. The molecule has 17 heavy (non-hydrogen) atoms. The molecule has 3 fully saturated rings. The molecule has 1 saturated heterocycles. The summed E-state index contributed by atoms with van der Waals surface area (Å²) in [6.07, 6.45) is 9.27. The Balaban J connectivity index is 1.54. The van der Waals surface area contributed by atoms with Gasteiger partial charge >= 0.3 is 0 Å². The Labute approximate surface area is 105 Å². The van der Waals surface area contributed by atoms with Crippen LogP contribution in [0.3, 0.4) is 0 Å². The summed E-state index contributed by atoms with van der Waals surface area (Å²) >= 11 is 0. The standard InChI is InChI=1S/C15H27NO/c1-11-4-5-14(12(11)2)16-13-6-9-17-15(10-13)7-3-8-15/h11-14,16H,3-10H2,1-2H3. The Hall–Kier alpha value is -0.0800. The zero-order valence-corrected chi connectivity index (χ0v) is 11.4. The van der Waals surface area contributed by atoms with E-state index in [0.29, 0.717) is 5.60 Å². The Morgan fingerprint density at radius 2 is 1.94 bits per heavy atom. The lowest BCUT2D eigenvalue weighted by Crippen LogP contribution is -2.53. The van der Waals surface area contributed by atoms with Crippen molar-refractivity contribution in [1.29, 1.82) is 0 Å².